The van der Waals surface area contributed by atoms with Gasteiger partial charge in [-0.25, -0.2) is 9.18 Å². The molecule has 5 nitrogen and oxygen atoms in total. The molecule has 1 rings (SSSR count). The SMILES string of the molecule is COC(=O)C[C@H](C)NC(=O)Nc1ccc(F)cc1C. The summed E-state index contributed by atoms with van der Waals surface area (Å²) in [7, 11) is 1.29. The van der Waals surface area contributed by atoms with E-state index in [1.165, 1.54) is 25.3 Å². The molecular formula is C13H17FN2O3. The number of nitrogens with one attached hydrogen (secondary N) is 2. The van der Waals surface area contributed by atoms with Crippen molar-refractivity contribution >= 4 is 17.7 Å². The molecule has 104 valence electrons. The molecule has 1 aromatic rings. The van der Waals surface area contributed by atoms with Crippen LogP contribution in [0.3, 0.4) is 0 Å². The number of amides is 2. The molecule has 0 heterocycles. The van der Waals surface area contributed by atoms with Crippen molar-refractivity contribution in [1.82, 2.24) is 5.32 Å². The molecule has 2 amide bonds. The van der Waals surface area contributed by atoms with E-state index in [-0.39, 0.29) is 18.3 Å². The highest BCUT2D eigenvalue weighted by Gasteiger charge is 2.12. The van der Waals surface area contributed by atoms with Crippen LogP contribution in [-0.2, 0) is 9.53 Å². The van der Waals surface area contributed by atoms with Crippen molar-refractivity contribution < 1.29 is 18.7 Å². The molecule has 0 saturated heterocycles. The minimum absolute atomic E-state index is 0.0896. The maximum Gasteiger partial charge on any atom is 0.319 e. The van der Waals surface area contributed by atoms with Crippen molar-refractivity contribution in [3.05, 3.63) is 29.6 Å². The molecule has 0 saturated carbocycles. The summed E-state index contributed by atoms with van der Waals surface area (Å²) in [6, 6.07) is 3.27. The standard InChI is InChI=1S/C13H17FN2O3/c1-8-6-10(14)4-5-11(8)16-13(18)15-9(2)7-12(17)19-3/h4-6,9H,7H2,1-3H3,(H2,15,16,18)/t9-/m0/s1. The smallest absolute Gasteiger partial charge is 0.319 e. The van der Waals surface area contributed by atoms with Gasteiger partial charge in [0.2, 0.25) is 0 Å². The number of urea groups is 1. The van der Waals surface area contributed by atoms with E-state index < -0.39 is 12.0 Å². The van der Waals surface area contributed by atoms with Gasteiger partial charge in [0.05, 0.1) is 13.5 Å². The van der Waals surface area contributed by atoms with Gasteiger partial charge in [0.15, 0.2) is 0 Å². The fourth-order valence-electron chi connectivity index (χ4n) is 1.53. The number of halogens is 1. The van der Waals surface area contributed by atoms with Gasteiger partial charge in [-0.2, -0.15) is 0 Å². The maximum atomic E-state index is 12.9. The van der Waals surface area contributed by atoms with E-state index in [2.05, 4.69) is 15.4 Å². The number of ether oxygens (including phenoxy) is 1. The molecule has 1 aromatic carbocycles. The first-order valence-corrected chi connectivity index (χ1v) is 5.83. The number of methoxy groups -OCH3 is 1. The van der Waals surface area contributed by atoms with E-state index in [0.29, 0.717) is 11.3 Å². The summed E-state index contributed by atoms with van der Waals surface area (Å²) < 4.78 is 17.4. The first kappa shape index (κ1) is 14.9. The highest BCUT2D eigenvalue weighted by molar-refractivity contribution is 5.90. The van der Waals surface area contributed by atoms with Gasteiger partial charge in [0.1, 0.15) is 5.82 Å². The summed E-state index contributed by atoms with van der Waals surface area (Å²) in [5.41, 5.74) is 1.14. The lowest BCUT2D eigenvalue weighted by molar-refractivity contribution is -0.141. The Bertz CT molecular complexity index is 477. The van der Waals surface area contributed by atoms with Crippen LogP contribution in [0.5, 0.6) is 0 Å². The van der Waals surface area contributed by atoms with Crippen LogP contribution in [0.25, 0.3) is 0 Å². The van der Waals surface area contributed by atoms with Gasteiger partial charge in [0, 0.05) is 11.7 Å². The Morgan fingerprint density at radius 3 is 2.68 bits per heavy atom. The van der Waals surface area contributed by atoms with Crippen molar-refractivity contribution in [2.45, 2.75) is 26.3 Å². The van der Waals surface area contributed by atoms with Crippen LogP contribution in [0.2, 0.25) is 0 Å². The summed E-state index contributed by atoms with van der Waals surface area (Å²) in [6.07, 6.45) is 0.0896. The quantitative estimate of drug-likeness (QED) is 0.823. The van der Waals surface area contributed by atoms with E-state index in [0.717, 1.165) is 0 Å². The van der Waals surface area contributed by atoms with Gasteiger partial charge >= 0.3 is 12.0 Å². The fraction of sp³-hybridized carbons (Fsp3) is 0.385. The molecule has 6 heteroatoms. The van der Waals surface area contributed by atoms with Gasteiger partial charge in [-0.1, -0.05) is 0 Å². The normalized spacial score (nSPS) is 11.6. The predicted octanol–water partition coefficient (Wildman–Crippen LogP) is 2.21. The Balaban J connectivity index is 2.53. The first-order chi connectivity index (χ1) is 8.92. The van der Waals surface area contributed by atoms with Gasteiger partial charge < -0.3 is 15.4 Å². The highest BCUT2D eigenvalue weighted by Crippen LogP contribution is 2.15. The Labute approximate surface area is 111 Å². The predicted molar refractivity (Wildman–Crippen MR) is 69.4 cm³/mol. The molecule has 0 spiro atoms. The number of aryl methyl sites for hydroxylation is 1. The van der Waals surface area contributed by atoms with Crippen molar-refractivity contribution in [3.63, 3.8) is 0 Å². The second kappa shape index (κ2) is 6.72. The first-order valence-electron chi connectivity index (χ1n) is 5.83. The van der Waals surface area contributed by atoms with Crippen molar-refractivity contribution in [3.8, 4) is 0 Å². The van der Waals surface area contributed by atoms with Gasteiger partial charge in [-0.15, -0.1) is 0 Å². The molecule has 0 aliphatic heterocycles. The molecule has 1 atom stereocenters. The van der Waals surface area contributed by atoms with Crippen LogP contribution >= 0.6 is 0 Å². The van der Waals surface area contributed by atoms with E-state index in [4.69, 9.17) is 0 Å². The van der Waals surface area contributed by atoms with Crippen molar-refractivity contribution in [1.29, 1.82) is 0 Å². The monoisotopic (exact) mass is 268 g/mol. The Hall–Kier alpha value is -2.11. The number of carbonyl (C=O) groups excluding carboxylic acids is 2. The average molecular weight is 268 g/mol. The van der Waals surface area contributed by atoms with E-state index >= 15 is 0 Å². The summed E-state index contributed by atoms with van der Waals surface area (Å²) in [5.74, 6) is -0.756. The molecule has 0 aliphatic rings. The Kier molecular flexibility index (Phi) is 5.29. The van der Waals surface area contributed by atoms with Gasteiger partial charge in [0.25, 0.3) is 0 Å². The van der Waals surface area contributed by atoms with Crippen molar-refractivity contribution in [2.75, 3.05) is 12.4 Å². The number of hydrogen-bond acceptors (Lipinski definition) is 3. The van der Waals surface area contributed by atoms with Gasteiger partial charge in [-0.3, -0.25) is 4.79 Å². The third-order valence-electron chi connectivity index (χ3n) is 2.51. The van der Waals surface area contributed by atoms with Gasteiger partial charge in [-0.05, 0) is 37.6 Å². The average Bonchev–Trinajstić information content (AvgIpc) is 2.32. The summed E-state index contributed by atoms with van der Waals surface area (Å²) >= 11 is 0. The molecule has 0 unspecified atom stereocenters. The number of esters is 1. The summed E-state index contributed by atoms with van der Waals surface area (Å²) in [5, 5.41) is 5.18. The lowest BCUT2D eigenvalue weighted by Gasteiger charge is -2.14. The summed E-state index contributed by atoms with van der Waals surface area (Å²) in [4.78, 5) is 22.7. The molecule has 0 aromatic heterocycles. The highest BCUT2D eigenvalue weighted by atomic mass is 19.1. The maximum absolute atomic E-state index is 12.9. The largest absolute Gasteiger partial charge is 0.469 e. The minimum Gasteiger partial charge on any atom is -0.469 e. The third-order valence-corrected chi connectivity index (χ3v) is 2.51. The number of rotatable bonds is 4. The van der Waals surface area contributed by atoms with E-state index in [1.807, 2.05) is 0 Å². The van der Waals surface area contributed by atoms with E-state index in [9.17, 15) is 14.0 Å². The molecule has 0 radical (unpaired) electrons. The van der Waals surface area contributed by atoms with Crippen molar-refractivity contribution in [2.24, 2.45) is 0 Å². The van der Waals surface area contributed by atoms with Crippen LogP contribution < -0.4 is 10.6 Å². The number of anilines is 1. The second-order valence-corrected chi connectivity index (χ2v) is 4.24. The van der Waals surface area contributed by atoms with E-state index in [1.54, 1.807) is 13.8 Å². The van der Waals surface area contributed by atoms with Crippen LogP contribution in [0.15, 0.2) is 18.2 Å². The molecule has 0 fully saturated rings. The van der Waals surface area contributed by atoms with Crippen LogP contribution in [0, 0.1) is 12.7 Å². The Morgan fingerprint density at radius 2 is 2.11 bits per heavy atom. The minimum atomic E-state index is -0.453. The Morgan fingerprint density at radius 1 is 1.42 bits per heavy atom. The number of hydrogen-bond donors (Lipinski definition) is 2. The third kappa shape index (κ3) is 4.95. The van der Waals surface area contributed by atoms with Crippen LogP contribution in [0.4, 0.5) is 14.9 Å². The number of carbonyl (C=O) groups is 2. The number of benzene rings is 1. The van der Waals surface area contributed by atoms with Crippen LogP contribution in [-0.4, -0.2) is 25.2 Å². The topological polar surface area (TPSA) is 67.4 Å². The molecule has 2 N–H and O–H groups in total. The molecule has 19 heavy (non-hydrogen) atoms. The zero-order chi connectivity index (χ0) is 14.4. The molecular weight excluding hydrogens is 251 g/mol. The summed E-state index contributed by atoms with van der Waals surface area (Å²) in [6.45, 7) is 3.38. The second-order valence-electron chi connectivity index (χ2n) is 4.24. The molecule has 0 aliphatic carbocycles. The molecule has 0 bridgehead atoms. The lowest BCUT2D eigenvalue weighted by Crippen LogP contribution is -2.37. The lowest BCUT2D eigenvalue weighted by atomic mass is 10.2. The zero-order valence-electron chi connectivity index (χ0n) is 11.1. The zero-order valence-corrected chi connectivity index (χ0v) is 11.1. The fourth-order valence-corrected chi connectivity index (χ4v) is 1.53. The van der Waals surface area contributed by atoms with Crippen LogP contribution in [0.1, 0.15) is 18.9 Å².